The Morgan fingerprint density at radius 2 is 1.93 bits per heavy atom. The maximum atomic E-state index is 12.7. The first kappa shape index (κ1) is 21.4. The highest BCUT2D eigenvalue weighted by Crippen LogP contribution is 2.29. The van der Waals surface area contributed by atoms with E-state index in [1.54, 1.807) is 24.3 Å². The van der Waals surface area contributed by atoms with E-state index in [0.29, 0.717) is 17.3 Å². The topological polar surface area (TPSA) is 84.5 Å². The van der Waals surface area contributed by atoms with E-state index < -0.39 is 15.9 Å². The van der Waals surface area contributed by atoms with Crippen molar-refractivity contribution >= 4 is 56.4 Å². The van der Waals surface area contributed by atoms with Gasteiger partial charge in [-0.05, 0) is 43.2 Å². The van der Waals surface area contributed by atoms with E-state index in [1.165, 1.54) is 6.07 Å². The number of hydrogen-bond acceptors (Lipinski definition) is 4. The second-order valence-electron chi connectivity index (χ2n) is 6.21. The molecule has 0 unspecified atom stereocenters. The lowest BCUT2D eigenvalue weighted by Crippen LogP contribution is -2.32. The Balaban J connectivity index is 1.83. The number of ether oxygens (including phenoxy) is 1. The van der Waals surface area contributed by atoms with Crippen LogP contribution < -0.4 is 10.0 Å². The fraction of sp³-hybridized carbons (Fsp3) is 0.278. The number of anilines is 1. The summed E-state index contributed by atoms with van der Waals surface area (Å²) in [4.78, 5) is 12.4. The summed E-state index contributed by atoms with van der Waals surface area (Å²) >= 11 is 18.1. The molecule has 1 saturated heterocycles. The number of amides is 1. The lowest BCUT2D eigenvalue weighted by Gasteiger charge is -2.14. The van der Waals surface area contributed by atoms with Crippen LogP contribution in [0.25, 0.3) is 0 Å². The van der Waals surface area contributed by atoms with E-state index in [4.69, 9.17) is 39.5 Å². The van der Waals surface area contributed by atoms with Gasteiger partial charge in [-0.2, -0.15) is 0 Å². The lowest BCUT2D eigenvalue weighted by atomic mass is 10.2. The Kier molecular flexibility index (Phi) is 6.85. The van der Waals surface area contributed by atoms with Gasteiger partial charge in [-0.25, -0.2) is 13.1 Å². The Bertz CT molecular complexity index is 992. The van der Waals surface area contributed by atoms with Crippen LogP contribution in [-0.4, -0.2) is 33.6 Å². The van der Waals surface area contributed by atoms with Crippen LogP contribution in [0.15, 0.2) is 41.3 Å². The Morgan fingerprint density at radius 3 is 2.61 bits per heavy atom. The van der Waals surface area contributed by atoms with Crippen LogP contribution in [0.1, 0.15) is 23.2 Å². The molecule has 1 aliphatic rings. The highest BCUT2D eigenvalue weighted by molar-refractivity contribution is 7.89. The number of carbonyl (C=O) groups is 1. The first-order chi connectivity index (χ1) is 13.3. The molecule has 0 radical (unpaired) electrons. The van der Waals surface area contributed by atoms with Gasteiger partial charge in [-0.15, -0.1) is 0 Å². The molecule has 1 aliphatic heterocycles. The minimum absolute atomic E-state index is 0.0245. The van der Waals surface area contributed by atoms with Crippen molar-refractivity contribution in [1.82, 2.24) is 4.72 Å². The van der Waals surface area contributed by atoms with Gasteiger partial charge in [0.25, 0.3) is 5.91 Å². The molecule has 0 spiro atoms. The number of sulfonamides is 1. The fourth-order valence-electron chi connectivity index (χ4n) is 2.76. The fourth-order valence-corrected chi connectivity index (χ4v) is 4.87. The van der Waals surface area contributed by atoms with E-state index in [1.807, 2.05) is 0 Å². The smallest absolute Gasteiger partial charge is 0.257 e. The Labute approximate surface area is 178 Å². The minimum atomic E-state index is -3.95. The summed E-state index contributed by atoms with van der Waals surface area (Å²) in [6.07, 6.45) is 1.50. The summed E-state index contributed by atoms with van der Waals surface area (Å²) in [7, 11) is -3.95. The normalized spacial score (nSPS) is 16.9. The van der Waals surface area contributed by atoms with Crippen molar-refractivity contribution in [1.29, 1.82) is 0 Å². The van der Waals surface area contributed by atoms with Gasteiger partial charge in [0.05, 0.1) is 21.7 Å². The van der Waals surface area contributed by atoms with Crippen molar-refractivity contribution in [3.8, 4) is 0 Å². The van der Waals surface area contributed by atoms with Gasteiger partial charge in [0.1, 0.15) is 4.90 Å². The van der Waals surface area contributed by atoms with Crippen LogP contribution in [-0.2, 0) is 14.8 Å². The molecule has 3 rings (SSSR count). The summed E-state index contributed by atoms with van der Waals surface area (Å²) in [6, 6.07) is 8.93. The zero-order valence-electron chi connectivity index (χ0n) is 14.5. The predicted octanol–water partition coefficient (Wildman–Crippen LogP) is 4.36. The summed E-state index contributed by atoms with van der Waals surface area (Å²) in [6.45, 7) is 0.743. The van der Waals surface area contributed by atoms with Crippen LogP contribution >= 0.6 is 34.8 Å². The van der Waals surface area contributed by atoms with Gasteiger partial charge in [-0.3, -0.25) is 4.79 Å². The molecule has 1 fully saturated rings. The van der Waals surface area contributed by atoms with Crippen molar-refractivity contribution in [3.05, 3.63) is 57.0 Å². The Morgan fingerprint density at radius 1 is 1.14 bits per heavy atom. The largest absolute Gasteiger partial charge is 0.377 e. The highest BCUT2D eigenvalue weighted by atomic mass is 35.5. The number of nitrogens with one attached hydrogen (secondary N) is 2. The molecule has 1 atom stereocenters. The quantitative estimate of drug-likeness (QED) is 0.667. The average Bonchev–Trinajstić information content (AvgIpc) is 3.13. The molecule has 2 aromatic rings. The summed E-state index contributed by atoms with van der Waals surface area (Å²) in [5, 5.41) is 3.03. The number of hydrogen-bond donors (Lipinski definition) is 2. The average molecular weight is 464 g/mol. The van der Waals surface area contributed by atoms with Gasteiger partial charge < -0.3 is 10.1 Å². The van der Waals surface area contributed by atoms with Gasteiger partial charge in [-0.1, -0.05) is 40.9 Å². The van der Waals surface area contributed by atoms with Crippen molar-refractivity contribution in [3.63, 3.8) is 0 Å². The van der Waals surface area contributed by atoms with E-state index >= 15 is 0 Å². The highest BCUT2D eigenvalue weighted by Gasteiger charge is 2.25. The monoisotopic (exact) mass is 462 g/mol. The number of halogens is 3. The lowest BCUT2D eigenvalue weighted by molar-refractivity contribution is 0.102. The molecule has 10 heteroatoms. The zero-order valence-corrected chi connectivity index (χ0v) is 17.6. The van der Waals surface area contributed by atoms with Gasteiger partial charge in [0.2, 0.25) is 10.0 Å². The first-order valence-electron chi connectivity index (χ1n) is 8.43. The van der Waals surface area contributed by atoms with Crippen LogP contribution in [0.5, 0.6) is 0 Å². The predicted molar refractivity (Wildman–Crippen MR) is 110 cm³/mol. The van der Waals surface area contributed by atoms with Crippen molar-refractivity contribution < 1.29 is 17.9 Å². The zero-order chi connectivity index (χ0) is 20.3. The molecule has 1 amide bonds. The molecule has 0 bridgehead atoms. The Hall–Kier alpha value is -1.35. The third-order valence-electron chi connectivity index (χ3n) is 4.16. The minimum Gasteiger partial charge on any atom is -0.377 e. The molecular formula is C18H17Cl3N2O4S. The molecule has 0 saturated carbocycles. The molecule has 1 heterocycles. The molecule has 150 valence electrons. The van der Waals surface area contributed by atoms with Crippen molar-refractivity contribution in [2.45, 2.75) is 23.8 Å². The van der Waals surface area contributed by atoms with E-state index in [2.05, 4.69) is 10.0 Å². The summed E-state index contributed by atoms with van der Waals surface area (Å²) < 4.78 is 33.2. The van der Waals surface area contributed by atoms with Gasteiger partial charge in [0, 0.05) is 23.9 Å². The number of rotatable bonds is 6. The standard InChI is InChI=1S/C18H17Cl3N2O4S/c19-11-3-1-4-12(7-11)23-18(24)14-8-17(16(21)9-15(14)20)28(25,26)22-10-13-5-2-6-27-13/h1,3-4,7-9,13,22H,2,5-6,10H2,(H,23,24)/t13-/m0/s1. The molecule has 6 nitrogen and oxygen atoms in total. The van der Waals surface area contributed by atoms with Crippen molar-refractivity contribution in [2.24, 2.45) is 0 Å². The molecule has 2 N–H and O–H groups in total. The molecule has 0 aromatic heterocycles. The molecule has 28 heavy (non-hydrogen) atoms. The summed E-state index contributed by atoms with van der Waals surface area (Å²) in [5.41, 5.74) is 0.424. The van der Waals surface area contributed by atoms with Gasteiger partial charge >= 0.3 is 0 Å². The summed E-state index contributed by atoms with van der Waals surface area (Å²) in [5.74, 6) is -0.584. The second-order valence-corrected chi connectivity index (χ2v) is 9.20. The molecular weight excluding hydrogens is 447 g/mol. The van der Waals surface area contributed by atoms with Gasteiger partial charge in [0.15, 0.2) is 0 Å². The van der Waals surface area contributed by atoms with E-state index in [-0.39, 0.29) is 33.2 Å². The van der Waals surface area contributed by atoms with Crippen LogP contribution in [0.4, 0.5) is 5.69 Å². The molecule has 0 aliphatic carbocycles. The molecule has 2 aromatic carbocycles. The second kappa shape index (κ2) is 8.98. The third-order valence-corrected chi connectivity index (χ3v) is 6.60. The van der Waals surface area contributed by atoms with E-state index in [0.717, 1.165) is 18.9 Å². The van der Waals surface area contributed by atoms with Crippen LogP contribution in [0.3, 0.4) is 0 Å². The van der Waals surface area contributed by atoms with E-state index in [9.17, 15) is 13.2 Å². The SMILES string of the molecule is O=C(Nc1cccc(Cl)c1)c1cc(S(=O)(=O)NC[C@@H]2CCCO2)c(Cl)cc1Cl. The number of benzene rings is 2. The van der Waals surface area contributed by atoms with Crippen LogP contribution in [0, 0.1) is 0 Å². The third kappa shape index (κ3) is 5.17. The number of carbonyl (C=O) groups excluding carboxylic acids is 1. The van der Waals surface area contributed by atoms with Crippen LogP contribution in [0.2, 0.25) is 15.1 Å². The van der Waals surface area contributed by atoms with Crippen molar-refractivity contribution in [2.75, 3.05) is 18.5 Å². The first-order valence-corrected chi connectivity index (χ1v) is 11.1. The maximum absolute atomic E-state index is 12.7. The maximum Gasteiger partial charge on any atom is 0.257 e.